The molecule has 108 valence electrons. The fraction of sp³-hybridized carbons (Fsp3) is 0.647. The van der Waals surface area contributed by atoms with Crippen LogP contribution in [0.15, 0.2) is 12.1 Å². The van der Waals surface area contributed by atoms with Gasteiger partial charge in [-0.1, -0.05) is 17.7 Å². The van der Waals surface area contributed by atoms with Crippen LogP contribution in [0.1, 0.15) is 43.0 Å². The first kappa shape index (κ1) is 16.2. The number of hydrogen-bond donors (Lipinski definition) is 1. The Balaban J connectivity index is 2.55. The maximum absolute atomic E-state index is 3.54. The molecule has 0 heterocycles. The van der Waals surface area contributed by atoms with Crippen LogP contribution in [0.5, 0.6) is 0 Å². The molecule has 1 rings (SSSR count). The smallest absolute Gasteiger partial charge is 0.0236 e. The van der Waals surface area contributed by atoms with E-state index in [1.807, 2.05) is 0 Å². The minimum absolute atomic E-state index is 0.205. The van der Waals surface area contributed by atoms with Crippen molar-refractivity contribution in [1.29, 1.82) is 0 Å². The molecular formula is C17H30N2. The fourth-order valence-electron chi connectivity index (χ4n) is 2.43. The van der Waals surface area contributed by atoms with Crippen LogP contribution in [-0.2, 0) is 6.54 Å². The lowest BCUT2D eigenvalue weighted by Crippen LogP contribution is -2.40. The lowest BCUT2D eigenvalue weighted by atomic mass is 9.99. The predicted octanol–water partition coefficient (Wildman–Crippen LogP) is 3.43. The van der Waals surface area contributed by atoms with Crippen molar-refractivity contribution in [3.05, 3.63) is 34.4 Å². The molecule has 2 nitrogen and oxygen atoms in total. The molecule has 0 atom stereocenters. The third-order valence-electron chi connectivity index (χ3n) is 3.42. The van der Waals surface area contributed by atoms with Gasteiger partial charge in [0.25, 0.3) is 0 Å². The molecule has 0 bridgehead atoms. The van der Waals surface area contributed by atoms with Crippen LogP contribution < -0.4 is 5.32 Å². The molecular weight excluding hydrogens is 232 g/mol. The highest BCUT2D eigenvalue weighted by atomic mass is 15.1. The van der Waals surface area contributed by atoms with E-state index in [2.05, 4.69) is 70.9 Å². The van der Waals surface area contributed by atoms with Crippen LogP contribution in [0, 0.1) is 20.8 Å². The van der Waals surface area contributed by atoms with Gasteiger partial charge in [-0.2, -0.15) is 0 Å². The first-order valence-corrected chi connectivity index (χ1v) is 7.19. The zero-order valence-electron chi connectivity index (χ0n) is 13.7. The highest BCUT2D eigenvalue weighted by Gasteiger charge is 2.10. The van der Waals surface area contributed by atoms with Crippen LogP contribution in [-0.4, -0.2) is 30.6 Å². The third-order valence-corrected chi connectivity index (χ3v) is 3.42. The maximum atomic E-state index is 3.54. The van der Waals surface area contributed by atoms with Gasteiger partial charge in [0.1, 0.15) is 0 Å². The Morgan fingerprint density at radius 2 is 1.58 bits per heavy atom. The highest BCUT2D eigenvalue weighted by Crippen LogP contribution is 2.17. The molecule has 0 aliphatic rings. The molecule has 0 aromatic heterocycles. The summed E-state index contributed by atoms with van der Waals surface area (Å²) in [6, 6.07) is 4.56. The SMILES string of the molecule is Cc1cc(C)c(CN(C)CCNC(C)(C)C)c(C)c1. The van der Waals surface area contributed by atoms with Crippen molar-refractivity contribution in [3.8, 4) is 0 Å². The molecule has 1 aromatic rings. The van der Waals surface area contributed by atoms with Gasteiger partial charge in [0.2, 0.25) is 0 Å². The molecule has 0 fully saturated rings. The van der Waals surface area contributed by atoms with Crippen molar-refractivity contribution in [2.24, 2.45) is 0 Å². The Kier molecular flexibility index (Phi) is 5.57. The average Bonchev–Trinajstić information content (AvgIpc) is 2.21. The lowest BCUT2D eigenvalue weighted by molar-refractivity contribution is 0.302. The van der Waals surface area contributed by atoms with E-state index in [4.69, 9.17) is 0 Å². The van der Waals surface area contributed by atoms with E-state index >= 15 is 0 Å². The topological polar surface area (TPSA) is 15.3 Å². The first-order valence-electron chi connectivity index (χ1n) is 7.19. The summed E-state index contributed by atoms with van der Waals surface area (Å²) in [4.78, 5) is 2.39. The summed E-state index contributed by atoms with van der Waals surface area (Å²) in [5.74, 6) is 0. The quantitative estimate of drug-likeness (QED) is 0.874. The van der Waals surface area contributed by atoms with Crippen molar-refractivity contribution in [3.63, 3.8) is 0 Å². The molecule has 19 heavy (non-hydrogen) atoms. The van der Waals surface area contributed by atoms with Gasteiger partial charge < -0.3 is 10.2 Å². The molecule has 0 saturated carbocycles. The molecule has 0 aliphatic heterocycles. The highest BCUT2D eigenvalue weighted by molar-refractivity contribution is 5.37. The molecule has 0 spiro atoms. The standard InChI is InChI=1S/C17H30N2/c1-13-10-14(2)16(15(3)11-13)12-19(7)9-8-18-17(4,5)6/h10-11,18H,8-9,12H2,1-7H3. The Morgan fingerprint density at radius 1 is 1.05 bits per heavy atom. The van der Waals surface area contributed by atoms with Gasteiger partial charge in [0.05, 0.1) is 0 Å². The molecule has 0 radical (unpaired) electrons. The summed E-state index contributed by atoms with van der Waals surface area (Å²) in [5.41, 5.74) is 5.86. The van der Waals surface area contributed by atoms with E-state index < -0.39 is 0 Å². The fourth-order valence-corrected chi connectivity index (χ4v) is 2.43. The second kappa shape index (κ2) is 6.53. The Hall–Kier alpha value is -0.860. The number of benzene rings is 1. The number of aryl methyl sites for hydroxylation is 3. The van der Waals surface area contributed by atoms with Crippen LogP contribution in [0.3, 0.4) is 0 Å². The third kappa shape index (κ3) is 5.75. The van der Waals surface area contributed by atoms with Crippen LogP contribution in [0.25, 0.3) is 0 Å². The van der Waals surface area contributed by atoms with E-state index in [-0.39, 0.29) is 5.54 Å². The summed E-state index contributed by atoms with van der Waals surface area (Å²) in [5, 5.41) is 3.54. The Labute approximate surface area is 119 Å². The van der Waals surface area contributed by atoms with Gasteiger partial charge in [-0.25, -0.2) is 0 Å². The van der Waals surface area contributed by atoms with Gasteiger partial charge in [0, 0.05) is 25.2 Å². The minimum Gasteiger partial charge on any atom is -0.311 e. The molecule has 0 unspecified atom stereocenters. The molecule has 1 N–H and O–H groups in total. The molecule has 0 amide bonds. The Bertz CT molecular complexity index is 393. The van der Waals surface area contributed by atoms with Crippen LogP contribution >= 0.6 is 0 Å². The van der Waals surface area contributed by atoms with Crippen molar-refractivity contribution < 1.29 is 0 Å². The molecule has 2 heteroatoms. The lowest BCUT2D eigenvalue weighted by Gasteiger charge is -2.24. The first-order chi connectivity index (χ1) is 8.69. The largest absolute Gasteiger partial charge is 0.311 e. The van der Waals surface area contributed by atoms with E-state index in [0.29, 0.717) is 0 Å². The second-order valence-electron chi connectivity index (χ2n) is 6.79. The predicted molar refractivity (Wildman–Crippen MR) is 84.7 cm³/mol. The van der Waals surface area contributed by atoms with Crippen LogP contribution in [0.4, 0.5) is 0 Å². The number of nitrogens with zero attached hydrogens (tertiary/aromatic N) is 1. The van der Waals surface area contributed by atoms with Gasteiger partial charge in [-0.3, -0.25) is 0 Å². The molecule has 0 aliphatic carbocycles. The zero-order valence-corrected chi connectivity index (χ0v) is 13.7. The molecule has 1 aromatic carbocycles. The van der Waals surface area contributed by atoms with Gasteiger partial charge in [-0.15, -0.1) is 0 Å². The summed E-state index contributed by atoms with van der Waals surface area (Å²) >= 11 is 0. The maximum Gasteiger partial charge on any atom is 0.0236 e. The van der Waals surface area contributed by atoms with Crippen molar-refractivity contribution >= 4 is 0 Å². The van der Waals surface area contributed by atoms with E-state index in [1.54, 1.807) is 0 Å². The van der Waals surface area contributed by atoms with E-state index in [9.17, 15) is 0 Å². The van der Waals surface area contributed by atoms with Crippen molar-refractivity contribution in [1.82, 2.24) is 10.2 Å². The van der Waals surface area contributed by atoms with Gasteiger partial charge in [-0.05, 0) is 65.3 Å². The van der Waals surface area contributed by atoms with Crippen LogP contribution in [0.2, 0.25) is 0 Å². The number of rotatable bonds is 5. The minimum atomic E-state index is 0.205. The second-order valence-corrected chi connectivity index (χ2v) is 6.79. The van der Waals surface area contributed by atoms with Crippen molar-refractivity contribution in [2.45, 2.75) is 53.6 Å². The zero-order chi connectivity index (χ0) is 14.6. The number of likely N-dealkylation sites (N-methyl/N-ethyl adjacent to an activating group) is 1. The summed E-state index contributed by atoms with van der Waals surface area (Å²) in [7, 11) is 2.20. The van der Waals surface area contributed by atoms with Crippen molar-refractivity contribution in [2.75, 3.05) is 20.1 Å². The Morgan fingerprint density at radius 3 is 2.05 bits per heavy atom. The molecule has 0 saturated heterocycles. The van der Waals surface area contributed by atoms with E-state index in [1.165, 1.54) is 22.3 Å². The summed E-state index contributed by atoms with van der Waals surface area (Å²) in [6.45, 7) is 16.4. The van der Waals surface area contributed by atoms with Gasteiger partial charge >= 0.3 is 0 Å². The summed E-state index contributed by atoms with van der Waals surface area (Å²) in [6.07, 6.45) is 0. The summed E-state index contributed by atoms with van der Waals surface area (Å²) < 4.78 is 0. The van der Waals surface area contributed by atoms with E-state index in [0.717, 1.165) is 19.6 Å². The normalized spacial score (nSPS) is 12.2. The average molecular weight is 262 g/mol. The number of nitrogens with one attached hydrogen (secondary N) is 1. The van der Waals surface area contributed by atoms with Gasteiger partial charge in [0.15, 0.2) is 0 Å². The number of hydrogen-bond acceptors (Lipinski definition) is 2. The monoisotopic (exact) mass is 262 g/mol.